The lowest BCUT2D eigenvalue weighted by molar-refractivity contribution is -0.135. The zero-order valence-electron chi connectivity index (χ0n) is 14.8. The molecule has 0 aliphatic carbocycles. The monoisotopic (exact) mass is 380 g/mol. The summed E-state index contributed by atoms with van der Waals surface area (Å²) in [6, 6.07) is 5.64. The summed E-state index contributed by atoms with van der Waals surface area (Å²) in [6.45, 7) is 4.16. The zero-order valence-corrected chi connectivity index (χ0v) is 15.6. The van der Waals surface area contributed by atoms with Crippen LogP contribution < -0.4 is 0 Å². The van der Waals surface area contributed by atoms with Gasteiger partial charge in [0, 0.05) is 32.1 Å². The van der Waals surface area contributed by atoms with Crippen LogP contribution in [0.4, 0.5) is 0 Å². The highest BCUT2D eigenvalue weighted by Gasteiger charge is 2.36. The van der Waals surface area contributed by atoms with E-state index in [-0.39, 0.29) is 35.4 Å². The summed E-state index contributed by atoms with van der Waals surface area (Å²) >= 11 is 0. The molecule has 7 nitrogen and oxygen atoms in total. The van der Waals surface area contributed by atoms with E-state index in [9.17, 15) is 23.1 Å². The minimum atomic E-state index is -3.89. The summed E-state index contributed by atoms with van der Waals surface area (Å²) in [5.74, 6) is -0.775. The molecule has 8 heteroatoms. The molecule has 0 aromatic heterocycles. The fourth-order valence-electron chi connectivity index (χ4n) is 3.74. The third-order valence-electron chi connectivity index (χ3n) is 5.27. The van der Waals surface area contributed by atoms with E-state index in [1.165, 1.54) is 28.6 Å². The van der Waals surface area contributed by atoms with E-state index < -0.39 is 16.0 Å². The lowest BCUT2D eigenvalue weighted by atomic mass is 9.96. The van der Waals surface area contributed by atoms with Crippen LogP contribution in [0.3, 0.4) is 0 Å². The Morgan fingerprint density at radius 1 is 1.08 bits per heavy atom. The van der Waals surface area contributed by atoms with Crippen molar-refractivity contribution in [2.75, 3.05) is 26.2 Å². The Balaban J connectivity index is 1.70. The molecule has 3 rings (SSSR count). The third kappa shape index (κ3) is 3.61. The van der Waals surface area contributed by atoms with Crippen molar-refractivity contribution < 1.29 is 23.1 Å². The Kier molecular flexibility index (Phi) is 5.34. The Morgan fingerprint density at radius 2 is 1.73 bits per heavy atom. The molecule has 0 bridgehead atoms. The molecule has 2 aliphatic heterocycles. The zero-order chi connectivity index (χ0) is 18.9. The van der Waals surface area contributed by atoms with Crippen LogP contribution in [0.1, 0.15) is 36.5 Å². The number of hydrogen-bond acceptors (Lipinski definition) is 4. The van der Waals surface area contributed by atoms with E-state index in [1.54, 1.807) is 0 Å². The van der Waals surface area contributed by atoms with E-state index in [0.29, 0.717) is 18.8 Å². The first kappa shape index (κ1) is 18.8. The number of amides is 1. The predicted octanol–water partition coefficient (Wildman–Crippen LogP) is 1.65. The average Bonchev–Trinajstić information content (AvgIpc) is 3.07. The van der Waals surface area contributed by atoms with Crippen LogP contribution in [-0.4, -0.2) is 60.8 Å². The Labute approximate surface area is 153 Å². The first-order valence-electron chi connectivity index (χ1n) is 8.92. The first-order valence-corrected chi connectivity index (χ1v) is 10.4. The molecule has 1 unspecified atom stereocenters. The van der Waals surface area contributed by atoms with E-state index in [4.69, 9.17) is 0 Å². The summed E-state index contributed by atoms with van der Waals surface area (Å²) in [4.78, 5) is 25.6. The molecule has 0 radical (unpaired) electrons. The highest BCUT2D eigenvalue weighted by Crippen LogP contribution is 2.28. The number of carboxylic acid groups (broad SMARTS) is 1. The Hall–Kier alpha value is -1.93. The summed E-state index contributed by atoms with van der Waals surface area (Å²) in [7, 11) is -3.89. The fraction of sp³-hybridized carbons (Fsp3) is 0.556. The number of hydrogen-bond donors (Lipinski definition) is 1. The van der Waals surface area contributed by atoms with Gasteiger partial charge in [-0.1, -0.05) is 19.1 Å². The molecular formula is C18H24N2O5S. The SMILES string of the molecule is CC1CCN(C(=O)C2CCN(S(=O)(=O)c3ccccc3C(=O)O)CC2)C1. The quantitative estimate of drug-likeness (QED) is 0.857. The minimum Gasteiger partial charge on any atom is -0.478 e. The number of sulfonamides is 1. The highest BCUT2D eigenvalue weighted by molar-refractivity contribution is 7.89. The molecule has 26 heavy (non-hydrogen) atoms. The minimum absolute atomic E-state index is 0.123. The molecule has 2 saturated heterocycles. The maximum Gasteiger partial charge on any atom is 0.337 e. The van der Waals surface area contributed by atoms with Crippen molar-refractivity contribution in [1.82, 2.24) is 9.21 Å². The van der Waals surface area contributed by atoms with Gasteiger partial charge in [0.05, 0.1) is 10.5 Å². The van der Waals surface area contributed by atoms with E-state index in [1.807, 2.05) is 4.90 Å². The van der Waals surface area contributed by atoms with Crippen molar-refractivity contribution in [2.24, 2.45) is 11.8 Å². The van der Waals surface area contributed by atoms with Gasteiger partial charge >= 0.3 is 5.97 Å². The normalized spacial score (nSPS) is 22.5. The summed E-state index contributed by atoms with van der Waals surface area (Å²) in [5.41, 5.74) is -0.225. The van der Waals surface area contributed by atoms with Crippen molar-refractivity contribution in [3.05, 3.63) is 29.8 Å². The molecule has 1 amide bonds. The maximum atomic E-state index is 12.9. The molecule has 1 aromatic rings. The second-order valence-corrected chi connectivity index (χ2v) is 9.06. The number of rotatable bonds is 4. The van der Waals surface area contributed by atoms with Gasteiger partial charge in [-0.3, -0.25) is 4.79 Å². The van der Waals surface area contributed by atoms with Gasteiger partial charge < -0.3 is 10.0 Å². The number of likely N-dealkylation sites (tertiary alicyclic amines) is 1. The van der Waals surface area contributed by atoms with Crippen molar-refractivity contribution in [1.29, 1.82) is 0 Å². The first-order chi connectivity index (χ1) is 12.3. The number of benzene rings is 1. The standard InChI is InChI=1S/C18H24N2O5S/c1-13-6-9-19(12-13)17(21)14-7-10-20(11-8-14)26(24,25)16-5-3-2-4-15(16)18(22)23/h2-5,13-14H,6-12H2,1H3,(H,22,23). The molecule has 142 valence electrons. The second-order valence-electron chi connectivity index (χ2n) is 7.16. The summed E-state index contributed by atoms with van der Waals surface area (Å²) < 4.78 is 27.0. The fourth-order valence-corrected chi connectivity index (χ4v) is 5.40. The van der Waals surface area contributed by atoms with E-state index in [2.05, 4.69) is 6.92 Å². The molecule has 2 aliphatic rings. The number of carbonyl (C=O) groups excluding carboxylic acids is 1. The topological polar surface area (TPSA) is 95.0 Å². The van der Waals surface area contributed by atoms with Crippen molar-refractivity contribution in [2.45, 2.75) is 31.1 Å². The Bertz CT molecular complexity index is 800. The number of aromatic carboxylic acids is 1. The molecular weight excluding hydrogens is 356 g/mol. The number of carbonyl (C=O) groups is 2. The van der Waals surface area contributed by atoms with Gasteiger partial charge in [-0.25, -0.2) is 13.2 Å². The van der Waals surface area contributed by atoms with E-state index in [0.717, 1.165) is 19.5 Å². The number of piperidine rings is 1. The number of carboxylic acids is 1. The molecule has 1 aromatic carbocycles. The summed E-state index contributed by atoms with van der Waals surface area (Å²) in [6.07, 6.45) is 1.96. The molecule has 2 fully saturated rings. The van der Waals surface area contributed by atoms with Gasteiger partial charge in [0.25, 0.3) is 0 Å². The lowest BCUT2D eigenvalue weighted by Crippen LogP contribution is -2.44. The van der Waals surface area contributed by atoms with Crippen molar-refractivity contribution in [3.8, 4) is 0 Å². The maximum absolute atomic E-state index is 12.9. The smallest absolute Gasteiger partial charge is 0.337 e. The molecule has 1 N–H and O–H groups in total. The predicted molar refractivity (Wildman–Crippen MR) is 95.2 cm³/mol. The van der Waals surface area contributed by atoms with Gasteiger partial charge in [-0.05, 0) is 37.3 Å². The van der Waals surface area contributed by atoms with Crippen LogP contribution in [0, 0.1) is 11.8 Å². The highest BCUT2D eigenvalue weighted by atomic mass is 32.2. The molecule has 2 heterocycles. The van der Waals surface area contributed by atoms with Gasteiger partial charge in [-0.15, -0.1) is 0 Å². The average molecular weight is 380 g/mol. The lowest BCUT2D eigenvalue weighted by Gasteiger charge is -2.32. The Morgan fingerprint density at radius 3 is 2.31 bits per heavy atom. The van der Waals surface area contributed by atoms with Gasteiger partial charge in [0.15, 0.2) is 0 Å². The molecule has 0 spiro atoms. The van der Waals surface area contributed by atoms with E-state index >= 15 is 0 Å². The van der Waals surface area contributed by atoms with Gasteiger partial charge in [0.1, 0.15) is 0 Å². The van der Waals surface area contributed by atoms with Crippen LogP contribution in [0.15, 0.2) is 29.2 Å². The van der Waals surface area contributed by atoms with Crippen LogP contribution in [0.2, 0.25) is 0 Å². The number of nitrogens with zero attached hydrogens (tertiary/aromatic N) is 2. The molecule has 0 saturated carbocycles. The van der Waals surface area contributed by atoms with Crippen LogP contribution in [-0.2, 0) is 14.8 Å². The second kappa shape index (κ2) is 7.36. The van der Waals surface area contributed by atoms with Crippen molar-refractivity contribution in [3.63, 3.8) is 0 Å². The van der Waals surface area contributed by atoms with Gasteiger partial charge in [0.2, 0.25) is 15.9 Å². The summed E-state index contributed by atoms with van der Waals surface area (Å²) in [5, 5.41) is 9.25. The van der Waals surface area contributed by atoms with Crippen LogP contribution in [0.5, 0.6) is 0 Å². The van der Waals surface area contributed by atoms with Gasteiger partial charge in [-0.2, -0.15) is 4.31 Å². The molecule has 1 atom stereocenters. The third-order valence-corrected chi connectivity index (χ3v) is 7.23. The van der Waals surface area contributed by atoms with Crippen LogP contribution >= 0.6 is 0 Å². The largest absolute Gasteiger partial charge is 0.478 e. The van der Waals surface area contributed by atoms with Crippen LogP contribution in [0.25, 0.3) is 0 Å². The van der Waals surface area contributed by atoms with Crippen molar-refractivity contribution >= 4 is 21.9 Å².